The first kappa shape index (κ1) is 14.9. The predicted octanol–water partition coefficient (Wildman–Crippen LogP) is 3.87. The van der Waals surface area contributed by atoms with Crippen LogP contribution in [0.15, 0.2) is 12.2 Å². The molecule has 0 bridgehead atoms. The summed E-state index contributed by atoms with van der Waals surface area (Å²) in [5, 5.41) is 9.56. The van der Waals surface area contributed by atoms with Gasteiger partial charge in [-0.2, -0.15) is 0 Å². The lowest BCUT2D eigenvalue weighted by atomic mass is 10.3. The third kappa shape index (κ3) is 3.01. The van der Waals surface area contributed by atoms with Gasteiger partial charge in [-0.1, -0.05) is 53.7 Å². The van der Waals surface area contributed by atoms with Crippen molar-refractivity contribution in [1.29, 1.82) is 0 Å². The first-order valence-electron chi connectivity index (χ1n) is 6.84. The van der Waals surface area contributed by atoms with E-state index < -0.39 is 8.32 Å². The number of hydrogen-bond donors (Lipinski definition) is 1. The van der Waals surface area contributed by atoms with E-state index in [1.54, 1.807) is 0 Å². The van der Waals surface area contributed by atoms with Gasteiger partial charge in [0.25, 0.3) is 0 Å². The highest BCUT2D eigenvalue weighted by atomic mass is 28.4. The second kappa shape index (κ2) is 5.68. The largest absolute Gasteiger partial charge is 0.410 e. The Labute approximate surface area is 107 Å². The molecule has 0 aliphatic heterocycles. The van der Waals surface area contributed by atoms with Gasteiger partial charge in [0.15, 0.2) is 0 Å². The molecule has 0 saturated carbocycles. The molecular formula is C14H28O2Si. The normalized spacial score (nSPS) is 25.5. The standard InChI is InChI=1S/C14H28O2Si/c1-10(2)17(11(3)4,12(5)6)16-14-8-7-13(15)9-14/h7-8,10-15H,9H2,1-6H3/t13-,14-/m0/s1. The SMILES string of the molecule is CC(C)[Si](O[C@H]1C=C[C@H](O)C1)(C(C)C)C(C)C. The van der Waals surface area contributed by atoms with Crippen LogP contribution < -0.4 is 0 Å². The minimum absolute atomic E-state index is 0.129. The maximum absolute atomic E-state index is 9.56. The highest BCUT2D eigenvalue weighted by Gasteiger charge is 2.46. The first-order chi connectivity index (χ1) is 7.80. The van der Waals surface area contributed by atoms with E-state index in [2.05, 4.69) is 41.5 Å². The Kier molecular flexibility index (Phi) is 4.99. The highest BCUT2D eigenvalue weighted by Crippen LogP contribution is 2.43. The molecule has 2 atom stereocenters. The van der Waals surface area contributed by atoms with Crippen LogP contribution in [-0.2, 0) is 4.43 Å². The van der Waals surface area contributed by atoms with Gasteiger partial charge in [-0.05, 0) is 16.6 Å². The summed E-state index contributed by atoms with van der Waals surface area (Å²) in [6.45, 7) is 13.8. The molecule has 1 N–H and O–H groups in total. The average Bonchev–Trinajstić information content (AvgIpc) is 2.58. The average molecular weight is 256 g/mol. The molecule has 0 heterocycles. The Bertz CT molecular complexity index is 250. The highest BCUT2D eigenvalue weighted by molar-refractivity contribution is 6.77. The van der Waals surface area contributed by atoms with Gasteiger partial charge in [0.2, 0.25) is 8.32 Å². The molecule has 0 aromatic heterocycles. The van der Waals surface area contributed by atoms with E-state index in [9.17, 15) is 5.11 Å². The summed E-state index contributed by atoms with van der Waals surface area (Å²) in [5.41, 5.74) is 1.82. The summed E-state index contributed by atoms with van der Waals surface area (Å²) in [6.07, 6.45) is 4.47. The van der Waals surface area contributed by atoms with Crippen molar-refractivity contribution in [2.45, 2.75) is 76.8 Å². The lowest BCUT2D eigenvalue weighted by Crippen LogP contribution is -2.49. The quantitative estimate of drug-likeness (QED) is 0.598. The van der Waals surface area contributed by atoms with E-state index in [0.29, 0.717) is 16.6 Å². The third-order valence-corrected chi connectivity index (χ3v) is 10.2. The minimum Gasteiger partial charge on any atom is -0.410 e. The Morgan fingerprint density at radius 2 is 1.47 bits per heavy atom. The minimum atomic E-state index is -1.78. The van der Waals surface area contributed by atoms with Crippen LogP contribution in [0.1, 0.15) is 48.0 Å². The maximum Gasteiger partial charge on any atom is 0.201 e. The first-order valence-corrected chi connectivity index (χ1v) is 8.98. The van der Waals surface area contributed by atoms with Crippen LogP contribution in [0.4, 0.5) is 0 Å². The molecule has 0 fully saturated rings. The molecule has 2 nitrogen and oxygen atoms in total. The van der Waals surface area contributed by atoms with E-state index in [-0.39, 0.29) is 12.2 Å². The zero-order chi connectivity index (χ0) is 13.2. The molecule has 100 valence electrons. The van der Waals surface area contributed by atoms with Gasteiger partial charge >= 0.3 is 0 Å². The zero-order valence-electron chi connectivity index (χ0n) is 12.1. The van der Waals surface area contributed by atoms with Crippen molar-refractivity contribution in [2.75, 3.05) is 0 Å². The topological polar surface area (TPSA) is 29.5 Å². The molecule has 0 amide bonds. The Balaban J connectivity index is 2.87. The van der Waals surface area contributed by atoms with E-state index >= 15 is 0 Å². The number of aliphatic hydroxyl groups is 1. The molecule has 1 rings (SSSR count). The Hall–Kier alpha value is -0.123. The second-order valence-corrected chi connectivity index (χ2v) is 11.6. The summed E-state index contributed by atoms with van der Waals surface area (Å²) < 4.78 is 6.55. The molecule has 0 unspecified atom stereocenters. The van der Waals surface area contributed by atoms with Crippen LogP contribution in [0.25, 0.3) is 0 Å². The van der Waals surface area contributed by atoms with E-state index in [1.807, 2.05) is 12.2 Å². The van der Waals surface area contributed by atoms with E-state index in [4.69, 9.17) is 4.43 Å². The van der Waals surface area contributed by atoms with Crippen LogP contribution >= 0.6 is 0 Å². The van der Waals surface area contributed by atoms with Crippen molar-refractivity contribution < 1.29 is 9.53 Å². The van der Waals surface area contributed by atoms with Crippen LogP contribution in [0.5, 0.6) is 0 Å². The van der Waals surface area contributed by atoms with Crippen molar-refractivity contribution in [3.05, 3.63) is 12.2 Å². The second-order valence-electron chi connectivity index (χ2n) is 6.16. The molecule has 0 radical (unpaired) electrons. The van der Waals surface area contributed by atoms with Gasteiger partial charge in [-0.15, -0.1) is 0 Å². The molecule has 17 heavy (non-hydrogen) atoms. The molecule has 3 heteroatoms. The third-order valence-electron chi connectivity index (χ3n) is 4.08. The molecular weight excluding hydrogens is 228 g/mol. The van der Waals surface area contributed by atoms with Crippen molar-refractivity contribution in [3.63, 3.8) is 0 Å². The van der Waals surface area contributed by atoms with Gasteiger partial charge in [-0.3, -0.25) is 0 Å². The van der Waals surface area contributed by atoms with Crippen LogP contribution in [0.3, 0.4) is 0 Å². The van der Waals surface area contributed by atoms with E-state index in [0.717, 1.165) is 6.42 Å². The number of aliphatic hydroxyl groups excluding tert-OH is 1. The lowest BCUT2D eigenvalue weighted by Gasteiger charge is -2.43. The Morgan fingerprint density at radius 3 is 1.76 bits per heavy atom. The fraction of sp³-hybridized carbons (Fsp3) is 0.857. The van der Waals surface area contributed by atoms with Crippen LogP contribution in [-0.4, -0.2) is 25.6 Å². The van der Waals surface area contributed by atoms with Crippen LogP contribution in [0, 0.1) is 0 Å². The zero-order valence-corrected chi connectivity index (χ0v) is 13.1. The molecule has 0 aromatic rings. The van der Waals surface area contributed by atoms with Gasteiger partial charge in [0.05, 0.1) is 12.2 Å². The summed E-state index contributed by atoms with van der Waals surface area (Å²) >= 11 is 0. The van der Waals surface area contributed by atoms with Crippen molar-refractivity contribution >= 4 is 8.32 Å². The molecule has 0 saturated heterocycles. The van der Waals surface area contributed by atoms with E-state index in [1.165, 1.54) is 0 Å². The van der Waals surface area contributed by atoms with Gasteiger partial charge < -0.3 is 9.53 Å². The fourth-order valence-corrected chi connectivity index (χ4v) is 8.92. The molecule has 0 spiro atoms. The monoisotopic (exact) mass is 256 g/mol. The summed E-state index contributed by atoms with van der Waals surface area (Å²) in [6, 6.07) is 0. The molecule has 1 aliphatic carbocycles. The maximum atomic E-state index is 9.56. The summed E-state index contributed by atoms with van der Waals surface area (Å²) in [4.78, 5) is 0. The van der Waals surface area contributed by atoms with Gasteiger partial charge in [-0.25, -0.2) is 0 Å². The van der Waals surface area contributed by atoms with Gasteiger partial charge in [0, 0.05) is 6.42 Å². The predicted molar refractivity (Wildman–Crippen MR) is 75.7 cm³/mol. The Morgan fingerprint density at radius 1 is 1.00 bits per heavy atom. The molecule has 1 aliphatic rings. The fourth-order valence-electron chi connectivity index (χ4n) is 3.41. The number of rotatable bonds is 5. The lowest BCUT2D eigenvalue weighted by molar-refractivity contribution is 0.152. The number of hydrogen-bond acceptors (Lipinski definition) is 2. The smallest absolute Gasteiger partial charge is 0.201 e. The summed E-state index contributed by atoms with van der Waals surface area (Å²) in [7, 11) is -1.78. The van der Waals surface area contributed by atoms with Crippen molar-refractivity contribution in [1.82, 2.24) is 0 Å². The summed E-state index contributed by atoms with van der Waals surface area (Å²) in [5.74, 6) is 0. The van der Waals surface area contributed by atoms with Crippen molar-refractivity contribution in [2.24, 2.45) is 0 Å². The van der Waals surface area contributed by atoms with Crippen molar-refractivity contribution in [3.8, 4) is 0 Å². The van der Waals surface area contributed by atoms with Gasteiger partial charge in [0.1, 0.15) is 0 Å². The molecule has 0 aromatic carbocycles. The van der Waals surface area contributed by atoms with Crippen LogP contribution in [0.2, 0.25) is 16.6 Å².